The maximum absolute atomic E-state index is 13.1. The van der Waals surface area contributed by atoms with E-state index in [1.54, 1.807) is 17.3 Å². The van der Waals surface area contributed by atoms with Crippen LogP contribution in [0.3, 0.4) is 0 Å². The van der Waals surface area contributed by atoms with E-state index in [0.717, 1.165) is 18.4 Å². The minimum atomic E-state index is -3.59. The monoisotopic (exact) mass is 381 g/mol. The number of hydrogen-bond donors (Lipinski definition) is 2. The molecule has 0 saturated carbocycles. The maximum Gasteiger partial charge on any atom is 0.251 e. The summed E-state index contributed by atoms with van der Waals surface area (Å²) < 4.78 is 27.8. The molecule has 7 heteroatoms. The van der Waals surface area contributed by atoms with E-state index in [4.69, 9.17) is 0 Å². The van der Waals surface area contributed by atoms with Crippen molar-refractivity contribution in [3.05, 3.63) is 28.8 Å². The third-order valence-electron chi connectivity index (χ3n) is 5.30. The molecule has 1 saturated heterocycles. The SMILES string of the molecule is CNC(C)CNC(=O)c1cc(C)c(C)c(S(=O)(=O)N2CCC(C)CC2)c1. The van der Waals surface area contributed by atoms with Crippen LogP contribution in [-0.2, 0) is 10.0 Å². The lowest BCUT2D eigenvalue weighted by atomic mass is 10.0. The fourth-order valence-corrected chi connectivity index (χ4v) is 4.83. The van der Waals surface area contributed by atoms with Crippen LogP contribution in [0, 0.1) is 19.8 Å². The Balaban J connectivity index is 2.31. The Bertz CT molecular complexity index is 754. The Kier molecular flexibility index (Phi) is 6.82. The summed E-state index contributed by atoms with van der Waals surface area (Å²) in [7, 11) is -1.76. The number of rotatable bonds is 6. The van der Waals surface area contributed by atoms with Crippen molar-refractivity contribution < 1.29 is 13.2 Å². The molecular weight excluding hydrogens is 350 g/mol. The summed E-state index contributed by atoms with van der Waals surface area (Å²) in [6, 6.07) is 3.42. The molecular formula is C19H31N3O3S. The summed E-state index contributed by atoms with van der Waals surface area (Å²) in [6.45, 7) is 9.33. The smallest absolute Gasteiger partial charge is 0.251 e. The molecule has 1 aliphatic heterocycles. The van der Waals surface area contributed by atoms with Gasteiger partial charge in [-0.3, -0.25) is 4.79 Å². The van der Waals surface area contributed by atoms with Gasteiger partial charge in [0.1, 0.15) is 0 Å². The zero-order chi connectivity index (χ0) is 19.5. The van der Waals surface area contributed by atoms with Gasteiger partial charge in [-0.25, -0.2) is 8.42 Å². The summed E-state index contributed by atoms with van der Waals surface area (Å²) in [5.74, 6) is 0.300. The number of nitrogens with one attached hydrogen (secondary N) is 2. The topological polar surface area (TPSA) is 78.5 Å². The van der Waals surface area contributed by atoms with E-state index in [2.05, 4.69) is 17.6 Å². The van der Waals surface area contributed by atoms with Gasteiger partial charge in [0.05, 0.1) is 4.90 Å². The molecule has 1 amide bonds. The van der Waals surface area contributed by atoms with Gasteiger partial charge in [-0.05, 0) is 69.8 Å². The zero-order valence-corrected chi connectivity index (χ0v) is 17.2. The predicted octanol–water partition coefficient (Wildman–Crippen LogP) is 2.06. The van der Waals surface area contributed by atoms with Gasteiger partial charge < -0.3 is 10.6 Å². The maximum atomic E-state index is 13.1. The Hall–Kier alpha value is -1.44. The normalized spacial score (nSPS) is 17.9. The molecule has 0 bridgehead atoms. The minimum absolute atomic E-state index is 0.143. The lowest BCUT2D eigenvalue weighted by Crippen LogP contribution is -2.39. The number of sulfonamides is 1. The number of amides is 1. The zero-order valence-electron chi connectivity index (χ0n) is 16.4. The van der Waals surface area contributed by atoms with Gasteiger partial charge in [-0.2, -0.15) is 4.31 Å². The third kappa shape index (κ3) is 4.64. The van der Waals surface area contributed by atoms with Crippen molar-refractivity contribution in [3.8, 4) is 0 Å². The highest BCUT2D eigenvalue weighted by molar-refractivity contribution is 7.89. The molecule has 1 heterocycles. The van der Waals surface area contributed by atoms with Crippen molar-refractivity contribution in [2.75, 3.05) is 26.7 Å². The van der Waals surface area contributed by atoms with Crippen LogP contribution < -0.4 is 10.6 Å². The second kappa shape index (κ2) is 8.50. The molecule has 6 nitrogen and oxygen atoms in total. The van der Waals surface area contributed by atoms with Crippen LogP contribution in [0.25, 0.3) is 0 Å². The molecule has 0 spiro atoms. The fourth-order valence-electron chi connectivity index (χ4n) is 3.04. The van der Waals surface area contributed by atoms with Gasteiger partial charge in [0.15, 0.2) is 0 Å². The average molecular weight is 382 g/mol. The highest BCUT2D eigenvalue weighted by atomic mass is 32.2. The molecule has 0 aromatic heterocycles. The van der Waals surface area contributed by atoms with E-state index in [0.29, 0.717) is 36.7 Å². The van der Waals surface area contributed by atoms with Crippen LogP contribution in [0.2, 0.25) is 0 Å². The highest BCUT2D eigenvalue weighted by Crippen LogP contribution is 2.28. The van der Waals surface area contributed by atoms with Crippen molar-refractivity contribution in [2.24, 2.45) is 5.92 Å². The molecule has 26 heavy (non-hydrogen) atoms. The van der Waals surface area contributed by atoms with Crippen molar-refractivity contribution in [1.82, 2.24) is 14.9 Å². The Morgan fingerprint density at radius 2 is 1.88 bits per heavy atom. The Labute approximate surface area is 157 Å². The van der Waals surface area contributed by atoms with E-state index in [-0.39, 0.29) is 16.8 Å². The number of aryl methyl sites for hydroxylation is 1. The van der Waals surface area contributed by atoms with Crippen molar-refractivity contribution in [2.45, 2.75) is 51.5 Å². The number of nitrogens with zero attached hydrogens (tertiary/aromatic N) is 1. The van der Waals surface area contributed by atoms with E-state index < -0.39 is 10.0 Å². The molecule has 1 aromatic rings. The molecule has 0 radical (unpaired) electrons. The van der Waals surface area contributed by atoms with E-state index in [1.807, 2.05) is 20.9 Å². The number of piperidine rings is 1. The number of likely N-dealkylation sites (N-methyl/N-ethyl adjacent to an activating group) is 1. The van der Waals surface area contributed by atoms with E-state index in [1.165, 1.54) is 6.07 Å². The number of carbonyl (C=O) groups excluding carboxylic acids is 1. The van der Waals surface area contributed by atoms with Crippen LogP contribution in [0.4, 0.5) is 0 Å². The quantitative estimate of drug-likeness (QED) is 0.791. The van der Waals surface area contributed by atoms with Gasteiger partial charge in [-0.1, -0.05) is 6.92 Å². The van der Waals surface area contributed by atoms with Crippen LogP contribution in [0.15, 0.2) is 17.0 Å². The van der Waals surface area contributed by atoms with Crippen molar-refractivity contribution >= 4 is 15.9 Å². The standard InChI is InChI=1S/C19H31N3O3S/c1-13-6-8-22(9-7-13)26(24,25)18-11-17(10-14(2)16(18)4)19(23)21-12-15(3)20-5/h10-11,13,15,20H,6-9,12H2,1-5H3,(H,21,23). The third-order valence-corrected chi connectivity index (χ3v) is 7.33. The van der Waals surface area contributed by atoms with Gasteiger partial charge >= 0.3 is 0 Å². The number of hydrogen-bond acceptors (Lipinski definition) is 4. The van der Waals surface area contributed by atoms with Gasteiger partial charge in [0.25, 0.3) is 5.91 Å². The highest BCUT2D eigenvalue weighted by Gasteiger charge is 2.30. The average Bonchev–Trinajstić information content (AvgIpc) is 2.61. The van der Waals surface area contributed by atoms with Gasteiger partial charge in [-0.15, -0.1) is 0 Å². The molecule has 1 unspecified atom stereocenters. The van der Waals surface area contributed by atoms with Gasteiger partial charge in [0.2, 0.25) is 10.0 Å². The first-order valence-electron chi connectivity index (χ1n) is 9.23. The second-order valence-electron chi connectivity index (χ2n) is 7.40. The molecule has 1 atom stereocenters. The van der Waals surface area contributed by atoms with Crippen LogP contribution in [0.5, 0.6) is 0 Å². The lowest BCUT2D eigenvalue weighted by molar-refractivity contribution is 0.0950. The first-order valence-corrected chi connectivity index (χ1v) is 10.7. The second-order valence-corrected chi connectivity index (χ2v) is 9.31. The molecule has 0 aliphatic carbocycles. The summed E-state index contributed by atoms with van der Waals surface area (Å²) in [6.07, 6.45) is 1.75. The molecule has 2 rings (SSSR count). The molecule has 1 aromatic carbocycles. The summed E-state index contributed by atoms with van der Waals surface area (Å²) in [5, 5.41) is 5.91. The van der Waals surface area contributed by atoms with Crippen LogP contribution >= 0.6 is 0 Å². The van der Waals surface area contributed by atoms with Gasteiger partial charge in [0, 0.05) is 31.2 Å². The fraction of sp³-hybridized carbons (Fsp3) is 0.632. The van der Waals surface area contributed by atoms with Crippen LogP contribution in [0.1, 0.15) is 48.2 Å². The lowest BCUT2D eigenvalue weighted by Gasteiger charge is -2.30. The van der Waals surface area contributed by atoms with Crippen molar-refractivity contribution in [1.29, 1.82) is 0 Å². The minimum Gasteiger partial charge on any atom is -0.350 e. The molecule has 1 fully saturated rings. The number of carbonyl (C=O) groups is 1. The largest absolute Gasteiger partial charge is 0.350 e. The summed E-state index contributed by atoms with van der Waals surface area (Å²) in [5.41, 5.74) is 1.91. The first kappa shape index (κ1) is 20.9. The predicted molar refractivity (Wildman–Crippen MR) is 104 cm³/mol. The first-order chi connectivity index (χ1) is 12.2. The van der Waals surface area contributed by atoms with E-state index in [9.17, 15) is 13.2 Å². The molecule has 2 N–H and O–H groups in total. The Morgan fingerprint density at radius 3 is 2.46 bits per heavy atom. The van der Waals surface area contributed by atoms with Crippen LogP contribution in [-0.4, -0.2) is 51.4 Å². The Morgan fingerprint density at radius 1 is 1.27 bits per heavy atom. The van der Waals surface area contributed by atoms with E-state index >= 15 is 0 Å². The number of benzene rings is 1. The van der Waals surface area contributed by atoms with Crippen molar-refractivity contribution in [3.63, 3.8) is 0 Å². The summed E-state index contributed by atoms with van der Waals surface area (Å²) >= 11 is 0. The molecule has 146 valence electrons. The molecule has 1 aliphatic rings. The summed E-state index contributed by atoms with van der Waals surface area (Å²) in [4.78, 5) is 12.7.